The molecule has 0 saturated heterocycles. The Kier molecular flexibility index (Phi) is 4.37. The van der Waals surface area contributed by atoms with Crippen LogP contribution in [-0.4, -0.2) is 19.2 Å². The number of rotatable bonds is 3. The Hall–Kier alpha value is -1.77. The zero-order valence-electron chi connectivity index (χ0n) is 16.4. The number of ether oxygens (including phenoxy) is 2. The summed E-state index contributed by atoms with van der Waals surface area (Å²) in [6, 6.07) is 6.61. The minimum absolute atomic E-state index is 0.0168. The van der Waals surface area contributed by atoms with Crippen molar-refractivity contribution in [1.82, 2.24) is 0 Å². The fourth-order valence-electron chi connectivity index (χ4n) is 5.85. The summed E-state index contributed by atoms with van der Waals surface area (Å²) < 4.78 is 11.0. The van der Waals surface area contributed by atoms with E-state index in [0.717, 1.165) is 37.0 Å². The van der Waals surface area contributed by atoms with Crippen LogP contribution in [0.25, 0.3) is 0 Å². The van der Waals surface area contributed by atoms with Gasteiger partial charge < -0.3 is 9.47 Å². The van der Waals surface area contributed by atoms with E-state index in [-0.39, 0.29) is 17.5 Å². The second kappa shape index (κ2) is 6.44. The first-order chi connectivity index (χ1) is 12.4. The first-order valence-electron chi connectivity index (χ1n) is 10.0. The van der Waals surface area contributed by atoms with E-state index in [0.29, 0.717) is 17.8 Å². The van der Waals surface area contributed by atoms with Crippen molar-refractivity contribution in [2.24, 2.45) is 17.3 Å². The third-order valence-corrected chi connectivity index (χ3v) is 7.08. The Morgan fingerprint density at radius 1 is 1.27 bits per heavy atom. The molecule has 0 radical (unpaired) electrons. The average Bonchev–Trinajstić information content (AvgIpc) is 2.97. The maximum atomic E-state index is 12.6. The van der Waals surface area contributed by atoms with E-state index >= 15 is 0 Å². The lowest BCUT2D eigenvalue weighted by atomic mass is 9.54. The van der Waals surface area contributed by atoms with E-state index in [1.807, 2.05) is 13.8 Å². The molecule has 0 unspecified atom stereocenters. The Bertz CT molecular complexity index is 748. The second-order valence-electron chi connectivity index (χ2n) is 8.74. The van der Waals surface area contributed by atoms with Crippen LogP contribution in [0, 0.1) is 17.3 Å². The van der Waals surface area contributed by atoms with Crippen LogP contribution in [0.5, 0.6) is 5.75 Å². The summed E-state index contributed by atoms with van der Waals surface area (Å²) in [6.07, 6.45) is 7.70. The van der Waals surface area contributed by atoms with Crippen molar-refractivity contribution >= 4 is 5.97 Å². The van der Waals surface area contributed by atoms with E-state index < -0.39 is 0 Å². The molecule has 0 aliphatic heterocycles. The highest BCUT2D eigenvalue weighted by atomic mass is 16.5. The molecule has 1 saturated carbocycles. The maximum Gasteiger partial charge on any atom is 0.334 e. The smallest absolute Gasteiger partial charge is 0.334 e. The van der Waals surface area contributed by atoms with Crippen molar-refractivity contribution < 1.29 is 14.3 Å². The van der Waals surface area contributed by atoms with Crippen LogP contribution in [0.1, 0.15) is 63.5 Å². The summed E-state index contributed by atoms with van der Waals surface area (Å²) in [6.45, 7) is 6.16. The van der Waals surface area contributed by atoms with Crippen molar-refractivity contribution in [2.75, 3.05) is 7.11 Å². The average molecular weight is 354 g/mol. The maximum absolute atomic E-state index is 12.6. The van der Waals surface area contributed by atoms with Crippen LogP contribution in [0.15, 0.2) is 29.8 Å². The molecule has 140 valence electrons. The number of carbonyl (C=O) groups is 1. The third-order valence-electron chi connectivity index (χ3n) is 7.08. The molecule has 0 amide bonds. The number of hydrogen-bond donors (Lipinski definition) is 0. The SMILES string of the molecule is COc1ccc2c(c1)CC[C@@H]1[C@@H]2CC[C@@]2(C)C(C(=O)OC(C)C)=CC[C@@H]12. The largest absolute Gasteiger partial charge is 0.497 e. The fourth-order valence-corrected chi connectivity index (χ4v) is 5.85. The van der Waals surface area contributed by atoms with E-state index in [1.165, 1.54) is 17.5 Å². The normalized spacial score (nSPS) is 32.3. The summed E-state index contributed by atoms with van der Waals surface area (Å²) in [7, 11) is 1.74. The van der Waals surface area contributed by atoms with Gasteiger partial charge in [-0.1, -0.05) is 19.1 Å². The number of aryl methyl sites for hydroxylation is 1. The predicted molar refractivity (Wildman–Crippen MR) is 102 cm³/mol. The van der Waals surface area contributed by atoms with Gasteiger partial charge in [-0.25, -0.2) is 4.79 Å². The van der Waals surface area contributed by atoms with E-state index in [9.17, 15) is 4.79 Å². The van der Waals surface area contributed by atoms with Gasteiger partial charge in [0.15, 0.2) is 0 Å². The van der Waals surface area contributed by atoms with E-state index in [2.05, 4.69) is 31.2 Å². The minimum Gasteiger partial charge on any atom is -0.497 e. The molecule has 1 fully saturated rings. The van der Waals surface area contributed by atoms with E-state index in [4.69, 9.17) is 9.47 Å². The van der Waals surface area contributed by atoms with Crippen LogP contribution < -0.4 is 4.74 Å². The second-order valence-corrected chi connectivity index (χ2v) is 8.74. The van der Waals surface area contributed by atoms with Crippen LogP contribution in [0.2, 0.25) is 0 Å². The summed E-state index contributed by atoms with van der Waals surface area (Å²) >= 11 is 0. The molecule has 26 heavy (non-hydrogen) atoms. The third kappa shape index (κ3) is 2.67. The zero-order valence-corrected chi connectivity index (χ0v) is 16.4. The number of esters is 1. The molecule has 3 aliphatic carbocycles. The lowest BCUT2D eigenvalue weighted by Gasteiger charge is -2.50. The van der Waals surface area contributed by atoms with Gasteiger partial charge in [-0.3, -0.25) is 0 Å². The lowest BCUT2D eigenvalue weighted by molar-refractivity contribution is -0.144. The molecule has 0 heterocycles. The van der Waals surface area contributed by atoms with Gasteiger partial charge in [0.05, 0.1) is 13.2 Å². The van der Waals surface area contributed by atoms with E-state index in [1.54, 1.807) is 7.11 Å². The summed E-state index contributed by atoms with van der Waals surface area (Å²) in [4.78, 5) is 12.6. The van der Waals surface area contributed by atoms with Gasteiger partial charge >= 0.3 is 5.97 Å². The van der Waals surface area contributed by atoms with Gasteiger partial charge in [-0.15, -0.1) is 0 Å². The summed E-state index contributed by atoms with van der Waals surface area (Å²) in [5.74, 6) is 2.71. The Labute approximate surface area is 156 Å². The van der Waals surface area contributed by atoms with Gasteiger partial charge in [0, 0.05) is 11.0 Å². The van der Waals surface area contributed by atoms with Crippen LogP contribution in [-0.2, 0) is 16.0 Å². The summed E-state index contributed by atoms with van der Waals surface area (Å²) in [5, 5.41) is 0. The van der Waals surface area contributed by atoms with Gasteiger partial charge in [0.25, 0.3) is 0 Å². The molecule has 3 aliphatic rings. The summed E-state index contributed by atoms with van der Waals surface area (Å²) in [5.41, 5.74) is 3.90. The molecular weight excluding hydrogens is 324 g/mol. The Morgan fingerprint density at radius 2 is 2.08 bits per heavy atom. The van der Waals surface area contributed by atoms with Crippen molar-refractivity contribution in [3.05, 3.63) is 41.0 Å². The highest BCUT2D eigenvalue weighted by Crippen LogP contribution is 2.61. The molecule has 0 spiro atoms. The number of carbonyl (C=O) groups excluding carboxylic acids is 1. The molecule has 4 atom stereocenters. The molecule has 3 heteroatoms. The number of benzene rings is 1. The van der Waals surface area contributed by atoms with Crippen LogP contribution in [0.3, 0.4) is 0 Å². The van der Waals surface area contributed by atoms with Crippen LogP contribution >= 0.6 is 0 Å². The van der Waals surface area contributed by atoms with Crippen LogP contribution in [0.4, 0.5) is 0 Å². The number of methoxy groups -OCH3 is 1. The van der Waals surface area contributed by atoms with Crippen molar-refractivity contribution in [1.29, 1.82) is 0 Å². The molecule has 1 aromatic carbocycles. The number of fused-ring (bicyclic) bond motifs is 5. The van der Waals surface area contributed by atoms with Crippen molar-refractivity contribution in [2.45, 2.75) is 64.9 Å². The van der Waals surface area contributed by atoms with Crippen molar-refractivity contribution in [3.8, 4) is 5.75 Å². The molecular formula is C23H30O3. The monoisotopic (exact) mass is 354 g/mol. The lowest BCUT2D eigenvalue weighted by Crippen LogP contribution is -2.42. The first-order valence-corrected chi connectivity index (χ1v) is 10.0. The first kappa shape index (κ1) is 17.6. The zero-order chi connectivity index (χ0) is 18.5. The fraction of sp³-hybridized carbons (Fsp3) is 0.609. The molecule has 0 N–H and O–H groups in total. The van der Waals surface area contributed by atoms with Crippen molar-refractivity contribution in [3.63, 3.8) is 0 Å². The van der Waals surface area contributed by atoms with Gasteiger partial charge in [0.2, 0.25) is 0 Å². The molecule has 1 aromatic rings. The van der Waals surface area contributed by atoms with Gasteiger partial charge in [-0.2, -0.15) is 0 Å². The predicted octanol–water partition coefficient (Wildman–Crippen LogP) is 5.04. The molecule has 3 nitrogen and oxygen atoms in total. The molecule has 0 aromatic heterocycles. The van der Waals surface area contributed by atoms with Gasteiger partial charge in [-0.05, 0) is 87.0 Å². The number of hydrogen-bond acceptors (Lipinski definition) is 3. The number of allylic oxidation sites excluding steroid dienone is 1. The minimum atomic E-state index is -0.0932. The molecule has 0 bridgehead atoms. The topological polar surface area (TPSA) is 35.5 Å². The molecule has 4 rings (SSSR count). The quantitative estimate of drug-likeness (QED) is 0.714. The highest BCUT2D eigenvalue weighted by molar-refractivity contribution is 5.91. The Balaban J connectivity index is 1.60. The standard InChI is InChI=1S/C23H30O3/c1-14(2)26-22(24)21-10-9-20-19-7-5-15-13-16(25-4)6-8-17(15)18(19)11-12-23(20,21)3/h6,8,10,13-14,18-20H,5,7,9,11-12H2,1-4H3/t18-,19-,20+,23-/m1/s1. The Morgan fingerprint density at radius 3 is 2.81 bits per heavy atom. The van der Waals surface area contributed by atoms with Gasteiger partial charge in [0.1, 0.15) is 5.75 Å². The highest BCUT2D eigenvalue weighted by Gasteiger charge is 2.53.